The van der Waals surface area contributed by atoms with Gasteiger partial charge in [-0.2, -0.15) is 5.10 Å². The van der Waals surface area contributed by atoms with Gasteiger partial charge in [-0.25, -0.2) is 4.68 Å². The molecule has 0 spiro atoms. The molecule has 0 unspecified atom stereocenters. The minimum atomic E-state index is -0.431. The van der Waals surface area contributed by atoms with Gasteiger partial charge >= 0.3 is 0 Å². The SMILES string of the molecule is CC(=O)Nc1cccc(NC(=O)c2ccc(=O)n(C(C)C)n2)c1. The van der Waals surface area contributed by atoms with Crippen molar-refractivity contribution in [2.24, 2.45) is 0 Å². The van der Waals surface area contributed by atoms with Crippen LogP contribution in [-0.4, -0.2) is 21.6 Å². The van der Waals surface area contributed by atoms with Crippen LogP contribution in [0.5, 0.6) is 0 Å². The largest absolute Gasteiger partial charge is 0.326 e. The van der Waals surface area contributed by atoms with Crippen molar-refractivity contribution in [3.05, 3.63) is 52.4 Å². The van der Waals surface area contributed by atoms with E-state index in [0.717, 1.165) is 0 Å². The Hall–Kier alpha value is -2.96. The first kappa shape index (κ1) is 16.4. The molecule has 7 nitrogen and oxygen atoms in total. The lowest BCUT2D eigenvalue weighted by molar-refractivity contribution is -0.114. The van der Waals surface area contributed by atoms with Gasteiger partial charge in [0.15, 0.2) is 0 Å². The Morgan fingerprint density at radius 3 is 2.35 bits per heavy atom. The topological polar surface area (TPSA) is 93.1 Å². The Balaban J connectivity index is 2.21. The molecule has 1 heterocycles. The highest BCUT2D eigenvalue weighted by molar-refractivity contribution is 6.03. The summed E-state index contributed by atoms with van der Waals surface area (Å²) in [5.74, 6) is -0.626. The third kappa shape index (κ3) is 4.26. The number of anilines is 2. The predicted molar refractivity (Wildman–Crippen MR) is 87.6 cm³/mol. The molecule has 2 rings (SSSR count). The lowest BCUT2D eigenvalue weighted by Crippen LogP contribution is -2.27. The van der Waals surface area contributed by atoms with E-state index in [2.05, 4.69) is 15.7 Å². The second-order valence-electron chi connectivity index (χ2n) is 5.31. The Bertz CT molecular complexity index is 796. The van der Waals surface area contributed by atoms with Gasteiger partial charge in [-0.05, 0) is 38.1 Å². The maximum atomic E-state index is 12.3. The van der Waals surface area contributed by atoms with Crippen molar-refractivity contribution in [2.75, 3.05) is 10.6 Å². The van der Waals surface area contributed by atoms with Crippen LogP contribution in [0.15, 0.2) is 41.2 Å². The van der Waals surface area contributed by atoms with Crippen molar-refractivity contribution in [1.29, 1.82) is 0 Å². The number of aromatic nitrogens is 2. The van der Waals surface area contributed by atoms with Gasteiger partial charge in [-0.3, -0.25) is 14.4 Å². The molecule has 0 saturated heterocycles. The molecule has 2 amide bonds. The van der Waals surface area contributed by atoms with E-state index >= 15 is 0 Å². The standard InChI is InChI=1S/C16H18N4O3/c1-10(2)20-15(22)8-7-14(19-20)16(23)18-13-6-4-5-12(9-13)17-11(3)21/h4-10H,1-3H3,(H,17,21)(H,18,23). The van der Waals surface area contributed by atoms with Crippen LogP contribution in [0.4, 0.5) is 11.4 Å². The summed E-state index contributed by atoms with van der Waals surface area (Å²) in [5, 5.41) is 9.39. The number of carbonyl (C=O) groups excluding carboxylic acids is 2. The summed E-state index contributed by atoms with van der Waals surface area (Å²) < 4.78 is 1.25. The minimum Gasteiger partial charge on any atom is -0.326 e. The van der Waals surface area contributed by atoms with Gasteiger partial charge in [-0.15, -0.1) is 0 Å². The fourth-order valence-electron chi connectivity index (χ4n) is 1.99. The first-order chi connectivity index (χ1) is 10.9. The van der Waals surface area contributed by atoms with E-state index in [1.54, 1.807) is 24.3 Å². The number of rotatable bonds is 4. The Morgan fingerprint density at radius 2 is 1.74 bits per heavy atom. The first-order valence-electron chi connectivity index (χ1n) is 7.15. The third-order valence-corrected chi connectivity index (χ3v) is 2.99. The van der Waals surface area contributed by atoms with Crippen molar-refractivity contribution < 1.29 is 9.59 Å². The zero-order chi connectivity index (χ0) is 17.0. The van der Waals surface area contributed by atoms with Crippen LogP contribution in [0, 0.1) is 0 Å². The van der Waals surface area contributed by atoms with Crippen LogP contribution in [0.3, 0.4) is 0 Å². The van der Waals surface area contributed by atoms with Crippen molar-refractivity contribution in [1.82, 2.24) is 9.78 Å². The molecule has 0 aliphatic carbocycles. The number of nitrogens with one attached hydrogen (secondary N) is 2. The third-order valence-electron chi connectivity index (χ3n) is 2.99. The molecule has 0 saturated carbocycles. The van der Waals surface area contributed by atoms with Gasteiger partial charge in [0.2, 0.25) is 5.91 Å². The summed E-state index contributed by atoms with van der Waals surface area (Å²) in [4.78, 5) is 35.0. The second-order valence-corrected chi connectivity index (χ2v) is 5.31. The highest BCUT2D eigenvalue weighted by Crippen LogP contribution is 2.15. The van der Waals surface area contributed by atoms with Gasteiger partial charge in [0.05, 0.1) is 6.04 Å². The fraction of sp³-hybridized carbons (Fsp3) is 0.250. The monoisotopic (exact) mass is 314 g/mol. The minimum absolute atomic E-state index is 0.140. The van der Waals surface area contributed by atoms with Gasteiger partial charge < -0.3 is 10.6 Å². The lowest BCUT2D eigenvalue weighted by Gasteiger charge is -2.10. The van der Waals surface area contributed by atoms with E-state index < -0.39 is 5.91 Å². The molecule has 2 N–H and O–H groups in total. The van der Waals surface area contributed by atoms with Crippen molar-refractivity contribution in [2.45, 2.75) is 26.8 Å². The molecule has 0 atom stereocenters. The molecule has 1 aromatic heterocycles. The Labute approximate surface area is 133 Å². The molecule has 2 aromatic rings. The Morgan fingerprint density at radius 1 is 1.09 bits per heavy atom. The molecule has 7 heteroatoms. The summed E-state index contributed by atoms with van der Waals surface area (Å²) in [5.41, 5.74) is 0.980. The van der Waals surface area contributed by atoms with Crippen LogP contribution in [0.25, 0.3) is 0 Å². The molecule has 0 fully saturated rings. The van der Waals surface area contributed by atoms with Gasteiger partial charge in [0, 0.05) is 24.4 Å². The average molecular weight is 314 g/mol. The van der Waals surface area contributed by atoms with Crippen LogP contribution < -0.4 is 16.2 Å². The number of amides is 2. The van der Waals surface area contributed by atoms with E-state index in [1.807, 2.05) is 13.8 Å². The molecule has 0 radical (unpaired) electrons. The molecular formula is C16H18N4O3. The van der Waals surface area contributed by atoms with Crippen LogP contribution in [0.2, 0.25) is 0 Å². The number of nitrogens with zero attached hydrogens (tertiary/aromatic N) is 2. The first-order valence-corrected chi connectivity index (χ1v) is 7.15. The zero-order valence-electron chi connectivity index (χ0n) is 13.2. The highest BCUT2D eigenvalue weighted by Gasteiger charge is 2.11. The maximum absolute atomic E-state index is 12.3. The summed E-state index contributed by atoms with van der Waals surface area (Å²) >= 11 is 0. The summed E-state index contributed by atoms with van der Waals surface area (Å²) in [6.07, 6.45) is 0. The fourth-order valence-corrected chi connectivity index (χ4v) is 1.99. The lowest BCUT2D eigenvalue weighted by atomic mass is 10.2. The summed E-state index contributed by atoms with van der Waals surface area (Å²) in [6, 6.07) is 9.32. The normalized spacial score (nSPS) is 10.4. The van der Waals surface area contributed by atoms with Crippen LogP contribution in [-0.2, 0) is 4.79 Å². The summed E-state index contributed by atoms with van der Waals surface area (Å²) in [7, 11) is 0. The van der Waals surface area contributed by atoms with Gasteiger partial charge in [0.1, 0.15) is 5.69 Å². The van der Waals surface area contributed by atoms with E-state index in [-0.39, 0.29) is 23.2 Å². The van der Waals surface area contributed by atoms with Crippen molar-refractivity contribution in [3.63, 3.8) is 0 Å². The van der Waals surface area contributed by atoms with E-state index in [0.29, 0.717) is 11.4 Å². The van der Waals surface area contributed by atoms with E-state index in [4.69, 9.17) is 0 Å². The maximum Gasteiger partial charge on any atom is 0.276 e. The van der Waals surface area contributed by atoms with E-state index in [9.17, 15) is 14.4 Å². The van der Waals surface area contributed by atoms with Crippen LogP contribution >= 0.6 is 0 Å². The van der Waals surface area contributed by atoms with Gasteiger partial charge in [0.25, 0.3) is 11.5 Å². The van der Waals surface area contributed by atoms with E-state index in [1.165, 1.54) is 23.7 Å². The molecule has 120 valence electrons. The highest BCUT2D eigenvalue weighted by atomic mass is 16.2. The van der Waals surface area contributed by atoms with Crippen molar-refractivity contribution >= 4 is 23.2 Å². The molecule has 1 aromatic carbocycles. The zero-order valence-corrected chi connectivity index (χ0v) is 13.2. The number of hydrogen-bond donors (Lipinski definition) is 2. The molecule has 0 bridgehead atoms. The second kappa shape index (κ2) is 6.87. The van der Waals surface area contributed by atoms with Crippen molar-refractivity contribution in [3.8, 4) is 0 Å². The molecule has 0 aliphatic rings. The van der Waals surface area contributed by atoms with Crippen LogP contribution in [0.1, 0.15) is 37.3 Å². The quantitative estimate of drug-likeness (QED) is 0.903. The molecular weight excluding hydrogens is 296 g/mol. The predicted octanol–water partition coefficient (Wildman–Crippen LogP) is 2.03. The number of hydrogen-bond acceptors (Lipinski definition) is 4. The average Bonchev–Trinajstić information content (AvgIpc) is 2.46. The number of benzene rings is 1. The van der Waals surface area contributed by atoms with Gasteiger partial charge in [-0.1, -0.05) is 6.07 Å². The number of carbonyl (C=O) groups is 2. The molecule has 0 aliphatic heterocycles. The Kier molecular flexibility index (Phi) is 4.90. The molecule has 23 heavy (non-hydrogen) atoms. The smallest absolute Gasteiger partial charge is 0.276 e. The summed E-state index contributed by atoms with van der Waals surface area (Å²) in [6.45, 7) is 5.03.